The number of carbonyl (C=O) groups is 1. The average Bonchev–Trinajstić information content (AvgIpc) is 2.71. The molecule has 0 aliphatic carbocycles. The minimum atomic E-state index is -0.765. The van der Waals surface area contributed by atoms with E-state index < -0.39 is 5.97 Å². The summed E-state index contributed by atoms with van der Waals surface area (Å²) < 4.78 is 0. The molecular weight excluding hydrogens is 374 g/mol. The zero-order valence-corrected chi connectivity index (χ0v) is 17.3. The smallest absolute Gasteiger partial charge is 0.303 e. The molecule has 30 heavy (non-hydrogen) atoms. The molecule has 0 aliphatic rings. The van der Waals surface area contributed by atoms with Crippen LogP contribution in [0.25, 0.3) is 21.8 Å². The lowest BCUT2D eigenvalue weighted by Gasteiger charge is -2.10. The summed E-state index contributed by atoms with van der Waals surface area (Å²) in [6, 6.07) is 14.6. The number of rotatable bonds is 6. The molecule has 3 N–H and O–H groups in total. The highest BCUT2D eigenvalue weighted by atomic mass is 16.4. The molecule has 0 fully saturated rings. The standard InChI is InChI=1S/C25H25N3O2/c1-15-3-9-20-21-13-18(14-27-24(21)25(26)28-22(20)11-15)5-8-19-7-4-17(12-16(19)2)6-10-23(29)30/h3-4,7,9,11-14H,5-6,8,10H2,1-2H3,(H2,26,28)(H,29,30). The molecule has 0 saturated carbocycles. The number of nitrogen functional groups attached to an aromatic ring is 1. The number of hydrogen-bond donors (Lipinski definition) is 2. The van der Waals surface area contributed by atoms with E-state index in [2.05, 4.69) is 47.2 Å². The summed E-state index contributed by atoms with van der Waals surface area (Å²) in [6.45, 7) is 4.13. The van der Waals surface area contributed by atoms with E-state index in [9.17, 15) is 4.79 Å². The molecule has 4 rings (SSSR count). The molecule has 2 aromatic carbocycles. The van der Waals surface area contributed by atoms with Crippen LogP contribution >= 0.6 is 0 Å². The van der Waals surface area contributed by atoms with Crippen molar-refractivity contribution in [2.24, 2.45) is 0 Å². The Balaban J connectivity index is 1.58. The summed E-state index contributed by atoms with van der Waals surface area (Å²) in [7, 11) is 0. The van der Waals surface area contributed by atoms with E-state index in [1.165, 1.54) is 11.1 Å². The molecule has 0 saturated heterocycles. The fourth-order valence-corrected chi connectivity index (χ4v) is 3.92. The molecule has 0 radical (unpaired) electrons. The summed E-state index contributed by atoms with van der Waals surface area (Å²) >= 11 is 0. The molecule has 2 heterocycles. The zero-order chi connectivity index (χ0) is 21.3. The molecule has 0 bridgehead atoms. The van der Waals surface area contributed by atoms with Crippen molar-refractivity contribution in [1.29, 1.82) is 0 Å². The number of aryl methyl sites for hydroxylation is 5. The Bertz CT molecular complexity index is 1260. The number of carboxylic acids is 1. The van der Waals surface area contributed by atoms with Gasteiger partial charge in [0.1, 0.15) is 5.52 Å². The van der Waals surface area contributed by atoms with E-state index in [1.54, 1.807) is 0 Å². The number of carboxylic acid groups (broad SMARTS) is 1. The van der Waals surface area contributed by atoms with Crippen LogP contribution in [0.4, 0.5) is 5.82 Å². The number of benzene rings is 2. The molecule has 0 unspecified atom stereocenters. The zero-order valence-electron chi connectivity index (χ0n) is 17.3. The summed E-state index contributed by atoms with van der Waals surface area (Å²) in [5.74, 6) is -0.304. The maximum atomic E-state index is 10.8. The molecule has 0 amide bonds. The van der Waals surface area contributed by atoms with Gasteiger partial charge < -0.3 is 10.8 Å². The fraction of sp³-hybridized carbons (Fsp3) is 0.240. The van der Waals surface area contributed by atoms with Crippen molar-refractivity contribution in [3.05, 3.63) is 76.5 Å². The van der Waals surface area contributed by atoms with Gasteiger partial charge in [-0.05, 0) is 73.1 Å². The van der Waals surface area contributed by atoms with Crippen molar-refractivity contribution in [1.82, 2.24) is 9.97 Å². The van der Waals surface area contributed by atoms with E-state index >= 15 is 0 Å². The minimum absolute atomic E-state index is 0.160. The Labute approximate surface area is 175 Å². The van der Waals surface area contributed by atoms with Crippen LogP contribution in [-0.2, 0) is 24.1 Å². The maximum absolute atomic E-state index is 10.8. The number of nitrogens with two attached hydrogens (primary N) is 1. The van der Waals surface area contributed by atoms with Gasteiger partial charge in [-0.1, -0.05) is 30.3 Å². The normalized spacial score (nSPS) is 11.3. The van der Waals surface area contributed by atoms with Gasteiger partial charge in [-0.3, -0.25) is 9.78 Å². The molecule has 5 nitrogen and oxygen atoms in total. The molecule has 5 heteroatoms. The first-order valence-corrected chi connectivity index (χ1v) is 10.2. The Morgan fingerprint density at radius 1 is 0.967 bits per heavy atom. The highest BCUT2D eigenvalue weighted by molar-refractivity contribution is 6.08. The van der Waals surface area contributed by atoms with Crippen LogP contribution in [0, 0.1) is 13.8 Å². The highest BCUT2D eigenvalue weighted by Crippen LogP contribution is 2.28. The molecule has 0 aliphatic heterocycles. The van der Waals surface area contributed by atoms with Crippen molar-refractivity contribution in [3.63, 3.8) is 0 Å². The second-order valence-electron chi connectivity index (χ2n) is 7.91. The lowest BCUT2D eigenvalue weighted by molar-refractivity contribution is -0.136. The van der Waals surface area contributed by atoms with Gasteiger partial charge in [0.2, 0.25) is 0 Å². The topological polar surface area (TPSA) is 89.1 Å². The van der Waals surface area contributed by atoms with Gasteiger partial charge in [-0.25, -0.2) is 4.98 Å². The molecule has 4 aromatic rings. The maximum Gasteiger partial charge on any atom is 0.303 e. The Morgan fingerprint density at radius 3 is 2.57 bits per heavy atom. The third-order valence-corrected chi connectivity index (χ3v) is 5.59. The van der Waals surface area contributed by atoms with Gasteiger partial charge in [-0.15, -0.1) is 0 Å². The number of aliphatic carboxylic acids is 1. The number of hydrogen-bond acceptors (Lipinski definition) is 4. The first kappa shape index (κ1) is 19.8. The van der Waals surface area contributed by atoms with Crippen LogP contribution in [0.5, 0.6) is 0 Å². The van der Waals surface area contributed by atoms with E-state index in [4.69, 9.17) is 10.8 Å². The third kappa shape index (κ3) is 4.10. The van der Waals surface area contributed by atoms with Crippen molar-refractivity contribution >= 4 is 33.6 Å². The lowest BCUT2D eigenvalue weighted by atomic mass is 9.97. The predicted molar refractivity (Wildman–Crippen MR) is 121 cm³/mol. The van der Waals surface area contributed by atoms with Crippen LogP contribution < -0.4 is 5.73 Å². The van der Waals surface area contributed by atoms with Gasteiger partial charge in [0, 0.05) is 23.4 Å². The van der Waals surface area contributed by atoms with Crippen LogP contribution in [0.3, 0.4) is 0 Å². The molecule has 0 spiro atoms. The largest absolute Gasteiger partial charge is 0.481 e. The second-order valence-corrected chi connectivity index (χ2v) is 7.91. The van der Waals surface area contributed by atoms with Gasteiger partial charge >= 0.3 is 5.97 Å². The SMILES string of the molecule is Cc1ccc2c(c1)nc(N)c1ncc(CCc3ccc(CCC(=O)O)cc3C)cc12. The van der Waals surface area contributed by atoms with Gasteiger partial charge in [-0.2, -0.15) is 0 Å². The fourth-order valence-electron chi connectivity index (χ4n) is 3.92. The van der Waals surface area contributed by atoms with Gasteiger partial charge in [0.25, 0.3) is 0 Å². The average molecular weight is 399 g/mol. The second kappa shape index (κ2) is 8.11. The first-order valence-electron chi connectivity index (χ1n) is 10.2. The van der Waals surface area contributed by atoms with Crippen molar-refractivity contribution in [3.8, 4) is 0 Å². The minimum Gasteiger partial charge on any atom is -0.481 e. The Kier molecular flexibility index (Phi) is 5.36. The Hall–Kier alpha value is -3.47. The van der Waals surface area contributed by atoms with Crippen LogP contribution in [0.15, 0.2) is 48.7 Å². The molecule has 0 atom stereocenters. The highest BCUT2D eigenvalue weighted by Gasteiger charge is 2.10. The number of nitrogens with zero attached hydrogens (tertiary/aromatic N) is 2. The first-order chi connectivity index (χ1) is 14.4. The molecule has 152 valence electrons. The summed E-state index contributed by atoms with van der Waals surface area (Å²) in [4.78, 5) is 19.9. The van der Waals surface area contributed by atoms with E-state index in [1.807, 2.05) is 25.3 Å². The van der Waals surface area contributed by atoms with Crippen LogP contribution in [-0.4, -0.2) is 21.0 Å². The van der Waals surface area contributed by atoms with E-state index in [0.29, 0.717) is 12.2 Å². The van der Waals surface area contributed by atoms with Crippen molar-refractivity contribution in [2.45, 2.75) is 39.5 Å². The monoisotopic (exact) mass is 399 g/mol. The van der Waals surface area contributed by atoms with Crippen LogP contribution in [0.2, 0.25) is 0 Å². The van der Waals surface area contributed by atoms with Crippen LogP contribution in [0.1, 0.15) is 34.2 Å². The summed E-state index contributed by atoms with van der Waals surface area (Å²) in [6.07, 6.45) is 4.38. The number of pyridine rings is 2. The Morgan fingerprint density at radius 2 is 1.80 bits per heavy atom. The van der Waals surface area contributed by atoms with Crippen molar-refractivity contribution in [2.75, 3.05) is 5.73 Å². The number of fused-ring (bicyclic) bond motifs is 3. The molecule has 2 aromatic heterocycles. The summed E-state index contributed by atoms with van der Waals surface area (Å²) in [5, 5.41) is 11.0. The van der Waals surface area contributed by atoms with Gasteiger partial charge in [0.05, 0.1) is 5.52 Å². The van der Waals surface area contributed by atoms with E-state index in [0.717, 1.165) is 51.3 Å². The number of anilines is 1. The number of aromatic nitrogens is 2. The quantitative estimate of drug-likeness (QED) is 0.455. The predicted octanol–water partition coefficient (Wildman–Crippen LogP) is 4.78. The van der Waals surface area contributed by atoms with Gasteiger partial charge in [0.15, 0.2) is 5.82 Å². The summed E-state index contributed by atoms with van der Waals surface area (Å²) in [5.41, 5.74) is 13.6. The third-order valence-electron chi connectivity index (χ3n) is 5.59. The van der Waals surface area contributed by atoms with E-state index in [-0.39, 0.29) is 6.42 Å². The lowest BCUT2D eigenvalue weighted by Crippen LogP contribution is -2.00. The molecular formula is C25H25N3O2. The van der Waals surface area contributed by atoms with Crippen molar-refractivity contribution < 1.29 is 9.90 Å².